The Morgan fingerprint density at radius 3 is 2.82 bits per heavy atom. The van der Waals surface area contributed by atoms with Gasteiger partial charge in [0.15, 0.2) is 0 Å². The molecular formula is C13H26N2OS. The summed E-state index contributed by atoms with van der Waals surface area (Å²) >= 11 is 1.93. The zero-order valence-electron chi connectivity index (χ0n) is 11.3. The van der Waals surface area contributed by atoms with Crippen LogP contribution in [0.3, 0.4) is 0 Å². The molecule has 2 atom stereocenters. The third-order valence-corrected chi connectivity index (χ3v) is 4.32. The molecule has 0 aromatic carbocycles. The Morgan fingerprint density at radius 1 is 1.41 bits per heavy atom. The van der Waals surface area contributed by atoms with Crippen LogP contribution >= 0.6 is 11.8 Å². The number of hydrogen-bond donors (Lipinski definition) is 2. The van der Waals surface area contributed by atoms with Crippen molar-refractivity contribution in [2.24, 2.45) is 0 Å². The molecule has 3 nitrogen and oxygen atoms in total. The van der Waals surface area contributed by atoms with Crippen molar-refractivity contribution in [2.45, 2.75) is 63.3 Å². The molecule has 2 N–H and O–H groups in total. The van der Waals surface area contributed by atoms with E-state index >= 15 is 0 Å². The second-order valence-electron chi connectivity index (χ2n) is 5.15. The van der Waals surface area contributed by atoms with Gasteiger partial charge in [-0.3, -0.25) is 4.79 Å². The highest BCUT2D eigenvalue weighted by Gasteiger charge is 2.22. The maximum absolute atomic E-state index is 11.7. The largest absolute Gasteiger partial charge is 0.353 e. The van der Waals surface area contributed by atoms with Crippen LogP contribution in [-0.2, 0) is 4.79 Å². The molecule has 17 heavy (non-hydrogen) atoms. The fraction of sp³-hybridized carbons (Fsp3) is 0.923. The second kappa shape index (κ2) is 7.98. The minimum absolute atomic E-state index is 0.199. The van der Waals surface area contributed by atoms with E-state index < -0.39 is 0 Å². The van der Waals surface area contributed by atoms with Gasteiger partial charge >= 0.3 is 0 Å². The second-order valence-corrected chi connectivity index (χ2v) is 6.29. The first-order chi connectivity index (χ1) is 8.11. The number of carbonyl (C=O) groups is 1. The highest BCUT2D eigenvalue weighted by molar-refractivity contribution is 7.99. The summed E-state index contributed by atoms with van der Waals surface area (Å²) in [6.07, 6.45) is 7.62. The molecule has 0 saturated heterocycles. The molecule has 1 rings (SSSR count). The Labute approximate surface area is 109 Å². The highest BCUT2D eigenvalue weighted by atomic mass is 32.2. The van der Waals surface area contributed by atoms with E-state index in [1.54, 1.807) is 0 Å². The minimum Gasteiger partial charge on any atom is -0.353 e. The molecule has 0 bridgehead atoms. The molecule has 1 amide bonds. The maximum Gasteiger partial charge on any atom is 0.221 e. The minimum atomic E-state index is 0.199. The topological polar surface area (TPSA) is 41.1 Å². The van der Waals surface area contributed by atoms with E-state index in [0.29, 0.717) is 18.5 Å². The van der Waals surface area contributed by atoms with Crippen LogP contribution in [0.1, 0.15) is 46.0 Å². The van der Waals surface area contributed by atoms with Crippen LogP contribution in [0, 0.1) is 0 Å². The summed E-state index contributed by atoms with van der Waals surface area (Å²) in [6.45, 7) is 4.98. The summed E-state index contributed by atoms with van der Waals surface area (Å²) in [5.41, 5.74) is 0. The molecule has 0 aromatic heterocycles. The van der Waals surface area contributed by atoms with Crippen molar-refractivity contribution < 1.29 is 4.79 Å². The predicted molar refractivity (Wildman–Crippen MR) is 75.5 cm³/mol. The summed E-state index contributed by atoms with van der Waals surface area (Å²) < 4.78 is 0. The molecule has 4 heteroatoms. The molecule has 2 unspecified atom stereocenters. The van der Waals surface area contributed by atoms with Crippen LogP contribution in [0.5, 0.6) is 0 Å². The van der Waals surface area contributed by atoms with Gasteiger partial charge in [-0.15, -0.1) is 0 Å². The van der Waals surface area contributed by atoms with E-state index in [1.807, 2.05) is 11.8 Å². The molecule has 1 fully saturated rings. The van der Waals surface area contributed by atoms with Gasteiger partial charge in [0.05, 0.1) is 0 Å². The Kier molecular flexibility index (Phi) is 6.97. The molecule has 0 aliphatic heterocycles. The number of rotatable bonds is 6. The molecule has 0 radical (unpaired) electrons. The van der Waals surface area contributed by atoms with E-state index in [9.17, 15) is 4.79 Å². The maximum atomic E-state index is 11.7. The number of carbonyl (C=O) groups excluding carboxylic acids is 1. The van der Waals surface area contributed by atoms with Crippen LogP contribution in [0.15, 0.2) is 0 Å². The summed E-state index contributed by atoms with van der Waals surface area (Å²) in [4.78, 5) is 11.7. The van der Waals surface area contributed by atoms with Crippen molar-refractivity contribution in [1.82, 2.24) is 10.6 Å². The predicted octanol–water partition coefficient (Wildman–Crippen LogP) is 2.16. The lowest BCUT2D eigenvalue weighted by molar-refractivity contribution is -0.121. The van der Waals surface area contributed by atoms with Crippen molar-refractivity contribution in [3.8, 4) is 0 Å². The van der Waals surface area contributed by atoms with Gasteiger partial charge in [-0.2, -0.15) is 11.8 Å². The first-order valence-corrected chi connectivity index (χ1v) is 7.96. The average molecular weight is 258 g/mol. The fourth-order valence-corrected chi connectivity index (χ4v) is 3.09. The van der Waals surface area contributed by atoms with Crippen molar-refractivity contribution in [3.63, 3.8) is 0 Å². The van der Waals surface area contributed by atoms with Gasteiger partial charge in [-0.05, 0) is 25.5 Å². The first-order valence-electron chi connectivity index (χ1n) is 6.67. The molecular weight excluding hydrogens is 232 g/mol. The van der Waals surface area contributed by atoms with E-state index in [1.165, 1.54) is 12.8 Å². The Balaban J connectivity index is 2.17. The fourth-order valence-electron chi connectivity index (χ4n) is 2.26. The first kappa shape index (κ1) is 14.8. The van der Waals surface area contributed by atoms with Gasteiger partial charge in [0.2, 0.25) is 5.91 Å². The van der Waals surface area contributed by atoms with Gasteiger partial charge in [0.25, 0.3) is 0 Å². The van der Waals surface area contributed by atoms with Gasteiger partial charge in [0, 0.05) is 30.3 Å². The van der Waals surface area contributed by atoms with Crippen LogP contribution in [-0.4, -0.2) is 36.0 Å². The summed E-state index contributed by atoms with van der Waals surface area (Å²) in [7, 11) is 0. The normalized spacial score (nSPS) is 24.9. The summed E-state index contributed by atoms with van der Waals surface area (Å²) in [5.74, 6) is 0.199. The number of hydrogen-bond acceptors (Lipinski definition) is 3. The molecule has 0 spiro atoms. The molecule has 100 valence electrons. The zero-order valence-corrected chi connectivity index (χ0v) is 12.1. The van der Waals surface area contributed by atoms with Crippen LogP contribution in [0.4, 0.5) is 0 Å². The Bertz CT molecular complexity index is 233. The number of amides is 1. The van der Waals surface area contributed by atoms with Gasteiger partial charge in [-0.25, -0.2) is 0 Å². The lowest BCUT2D eigenvalue weighted by atomic mass is 9.95. The molecule has 0 heterocycles. The zero-order chi connectivity index (χ0) is 12.7. The quantitative estimate of drug-likeness (QED) is 0.767. The van der Waals surface area contributed by atoms with Crippen molar-refractivity contribution in [1.29, 1.82) is 0 Å². The Hall–Kier alpha value is -0.220. The van der Waals surface area contributed by atoms with Crippen LogP contribution < -0.4 is 10.6 Å². The smallest absolute Gasteiger partial charge is 0.221 e. The third-order valence-electron chi connectivity index (χ3n) is 3.23. The van der Waals surface area contributed by atoms with Crippen molar-refractivity contribution >= 4 is 17.7 Å². The lowest BCUT2D eigenvalue weighted by Gasteiger charge is -2.28. The van der Waals surface area contributed by atoms with E-state index in [0.717, 1.165) is 24.6 Å². The van der Waals surface area contributed by atoms with E-state index in [2.05, 4.69) is 30.7 Å². The lowest BCUT2D eigenvalue weighted by Crippen LogP contribution is -2.40. The monoisotopic (exact) mass is 258 g/mol. The van der Waals surface area contributed by atoms with Crippen molar-refractivity contribution in [3.05, 3.63) is 0 Å². The summed E-state index contributed by atoms with van der Waals surface area (Å²) in [5, 5.41) is 7.17. The third kappa shape index (κ3) is 6.32. The van der Waals surface area contributed by atoms with Crippen LogP contribution in [0.25, 0.3) is 0 Å². The van der Waals surface area contributed by atoms with Crippen LogP contribution in [0.2, 0.25) is 0 Å². The number of thioether (sulfide) groups is 1. The molecule has 0 aromatic rings. The van der Waals surface area contributed by atoms with Gasteiger partial charge in [-0.1, -0.05) is 20.3 Å². The molecule has 1 aliphatic rings. The summed E-state index contributed by atoms with van der Waals surface area (Å²) in [6, 6.07) is 0.867. The van der Waals surface area contributed by atoms with Gasteiger partial charge < -0.3 is 10.6 Å². The average Bonchev–Trinajstić information content (AvgIpc) is 2.28. The molecule has 1 saturated carbocycles. The highest BCUT2D eigenvalue weighted by Crippen LogP contribution is 2.26. The van der Waals surface area contributed by atoms with Gasteiger partial charge in [0.1, 0.15) is 0 Å². The van der Waals surface area contributed by atoms with E-state index in [4.69, 9.17) is 0 Å². The standard InChI is InChI=1S/C13H26N2OS/c1-10(2)14-8-7-13(16)15-11-5-4-6-12(9-11)17-3/h10-12,14H,4-9H2,1-3H3,(H,15,16). The molecule has 1 aliphatic carbocycles. The van der Waals surface area contributed by atoms with Crippen molar-refractivity contribution in [2.75, 3.05) is 12.8 Å². The van der Waals surface area contributed by atoms with E-state index in [-0.39, 0.29) is 5.91 Å². The Morgan fingerprint density at radius 2 is 2.18 bits per heavy atom. The SMILES string of the molecule is CSC1CCCC(NC(=O)CCNC(C)C)C1. The number of nitrogens with one attached hydrogen (secondary N) is 2.